The quantitative estimate of drug-likeness (QED) is 0.364. The number of nitrogens with one attached hydrogen (secondary N) is 1. The number of halogens is 2. The number of carbonyl (C=O) groups is 1. The van der Waals surface area contributed by atoms with Gasteiger partial charge >= 0.3 is 0 Å². The van der Waals surface area contributed by atoms with Crippen LogP contribution in [0.4, 0.5) is 8.78 Å². The van der Waals surface area contributed by atoms with Gasteiger partial charge in [-0.1, -0.05) is 83.6 Å². The van der Waals surface area contributed by atoms with E-state index < -0.39 is 23.1 Å². The molecule has 0 aliphatic rings. The molecule has 0 atom stereocenters. The van der Waals surface area contributed by atoms with Crippen LogP contribution in [0.1, 0.15) is 99.9 Å². The van der Waals surface area contributed by atoms with Gasteiger partial charge in [-0.2, -0.15) is 0 Å². The molecular formula is C22H35F2NO. The summed E-state index contributed by atoms with van der Waals surface area (Å²) in [5.41, 5.74) is -0.189. The minimum absolute atomic E-state index is 0.280. The van der Waals surface area contributed by atoms with Crippen LogP contribution in [0.3, 0.4) is 0 Å². The van der Waals surface area contributed by atoms with Crippen LogP contribution in [0.15, 0.2) is 12.1 Å². The predicted molar refractivity (Wildman–Crippen MR) is 105 cm³/mol. The van der Waals surface area contributed by atoms with Gasteiger partial charge in [-0.05, 0) is 25.0 Å². The lowest BCUT2D eigenvalue weighted by Gasteiger charge is -2.08. The van der Waals surface area contributed by atoms with Crippen molar-refractivity contribution in [3.63, 3.8) is 0 Å². The number of aryl methyl sites for hydroxylation is 1. The van der Waals surface area contributed by atoms with Crippen molar-refractivity contribution in [3.8, 4) is 0 Å². The lowest BCUT2D eigenvalue weighted by atomic mass is 10.1. The number of hydrogen-bond acceptors (Lipinski definition) is 1. The van der Waals surface area contributed by atoms with E-state index in [1.54, 1.807) is 0 Å². The summed E-state index contributed by atoms with van der Waals surface area (Å²) in [7, 11) is 0. The second kappa shape index (κ2) is 13.7. The molecule has 2 nitrogen and oxygen atoms in total. The molecule has 1 rings (SSSR count). The van der Waals surface area contributed by atoms with Crippen molar-refractivity contribution < 1.29 is 13.6 Å². The average Bonchev–Trinajstić information content (AvgIpc) is 2.62. The number of benzene rings is 1. The summed E-state index contributed by atoms with van der Waals surface area (Å²) in [6, 6.07) is 2.48. The van der Waals surface area contributed by atoms with E-state index in [1.807, 2.05) is 0 Å². The molecule has 0 fully saturated rings. The average molecular weight is 368 g/mol. The molecule has 1 aromatic carbocycles. The maximum Gasteiger partial charge on any atom is 0.257 e. The second-order valence-corrected chi connectivity index (χ2v) is 7.20. The van der Waals surface area contributed by atoms with Crippen molar-refractivity contribution in [2.45, 2.75) is 90.9 Å². The predicted octanol–water partition coefficient (Wildman–Crippen LogP) is 6.70. The van der Waals surface area contributed by atoms with Crippen molar-refractivity contribution in [2.75, 3.05) is 6.54 Å². The molecule has 0 unspecified atom stereocenters. The number of unbranched alkanes of at least 4 members (excludes halogenated alkanes) is 11. The normalized spacial score (nSPS) is 10.9. The molecule has 1 N–H and O–H groups in total. The van der Waals surface area contributed by atoms with E-state index in [9.17, 15) is 13.6 Å². The highest BCUT2D eigenvalue weighted by Crippen LogP contribution is 2.16. The van der Waals surface area contributed by atoms with Crippen LogP contribution in [-0.2, 0) is 0 Å². The summed E-state index contributed by atoms with van der Waals surface area (Å²) in [6.45, 7) is 4.23. The van der Waals surface area contributed by atoms with Crippen LogP contribution in [0.25, 0.3) is 0 Å². The van der Waals surface area contributed by atoms with E-state index in [2.05, 4.69) is 12.2 Å². The zero-order chi connectivity index (χ0) is 19.2. The lowest BCUT2D eigenvalue weighted by molar-refractivity contribution is 0.0944. The molecule has 4 heteroatoms. The van der Waals surface area contributed by atoms with Gasteiger partial charge in [0, 0.05) is 6.54 Å². The summed E-state index contributed by atoms with van der Waals surface area (Å²) >= 11 is 0. The first-order chi connectivity index (χ1) is 12.6. The molecule has 0 aromatic heterocycles. The molecular weight excluding hydrogens is 332 g/mol. The molecule has 0 radical (unpaired) electrons. The van der Waals surface area contributed by atoms with Gasteiger partial charge < -0.3 is 5.32 Å². The van der Waals surface area contributed by atoms with Gasteiger partial charge in [0.05, 0.1) is 0 Å². The Balaban J connectivity index is 2.03. The number of carbonyl (C=O) groups excluding carboxylic acids is 1. The zero-order valence-corrected chi connectivity index (χ0v) is 16.5. The maximum absolute atomic E-state index is 13.9. The topological polar surface area (TPSA) is 29.1 Å². The van der Waals surface area contributed by atoms with Crippen LogP contribution in [0, 0.1) is 18.6 Å². The number of amides is 1. The van der Waals surface area contributed by atoms with E-state index in [1.165, 1.54) is 70.8 Å². The van der Waals surface area contributed by atoms with Gasteiger partial charge in [0.15, 0.2) is 0 Å². The van der Waals surface area contributed by atoms with E-state index in [4.69, 9.17) is 0 Å². The van der Waals surface area contributed by atoms with E-state index in [0.717, 1.165) is 25.3 Å². The van der Waals surface area contributed by atoms with Crippen molar-refractivity contribution >= 4 is 5.91 Å². The maximum atomic E-state index is 13.9. The van der Waals surface area contributed by atoms with Gasteiger partial charge in [-0.3, -0.25) is 4.79 Å². The standard InChI is InChI=1S/C22H35F2NO/c1-3-4-5-6-7-8-9-10-11-12-13-14-17-25-22(26)20-19(23)16-15-18(2)21(20)24/h15-16H,3-14,17H2,1-2H3,(H,25,26). The minimum Gasteiger partial charge on any atom is -0.352 e. The fraction of sp³-hybridized carbons (Fsp3) is 0.682. The summed E-state index contributed by atoms with van der Waals surface area (Å²) in [5.74, 6) is -2.23. The third-order valence-corrected chi connectivity index (χ3v) is 4.83. The lowest BCUT2D eigenvalue weighted by Crippen LogP contribution is -2.26. The van der Waals surface area contributed by atoms with Crippen LogP contribution >= 0.6 is 0 Å². The minimum atomic E-state index is -0.805. The Morgan fingerprint density at radius 2 is 1.35 bits per heavy atom. The summed E-state index contributed by atoms with van der Waals surface area (Å²) in [6.07, 6.45) is 15.0. The molecule has 148 valence electrons. The van der Waals surface area contributed by atoms with Crippen LogP contribution in [-0.4, -0.2) is 12.5 Å². The molecule has 0 aliphatic heterocycles. The Kier molecular flexibility index (Phi) is 11.9. The van der Waals surface area contributed by atoms with E-state index in [-0.39, 0.29) is 5.56 Å². The zero-order valence-electron chi connectivity index (χ0n) is 16.5. The van der Waals surface area contributed by atoms with Crippen LogP contribution in [0.5, 0.6) is 0 Å². The van der Waals surface area contributed by atoms with E-state index >= 15 is 0 Å². The van der Waals surface area contributed by atoms with Crippen molar-refractivity contribution in [3.05, 3.63) is 34.9 Å². The smallest absolute Gasteiger partial charge is 0.257 e. The van der Waals surface area contributed by atoms with E-state index in [0.29, 0.717) is 6.54 Å². The molecule has 0 saturated heterocycles. The largest absolute Gasteiger partial charge is 0.352 e. The van der Waals surface area contributed by atoms with Gasteiger partial charge in [0.2, 0.25) is 0 Å². The Morgan fingerprint density at radius 3 is 1.88 bits per heavy atom. The van der Waals surface area contributed by atoms with Gasteiger partial charge in [-0.25, -0.2) is 8.78 Å². The highest BCUT2D eigenvalue weighted by molar-refractivity contribution is 5.94. The fourth-order valence-corrected chi connectivity index (χ4v) is 3.12. The highest BCUT2D eigenvalue weighted by atomic mass is 19.1. The van der Waals surface area contributed by atoms with Crippen molar-refractivity contribution in [1.29, 1.82) is 0 Å². The second-order valence-electron chi connectivity index (χ2n) is 7.20. The number of rotatable bonds is 14. The summed E-state index contributed by atoms with van der Waals surface area (Å²) in [5, 5.41) is 2.62. The van der Waals surface area contributed by atoms with Crippen molar-refractivity contribution in [1.82, 2.24) is 5.32 Å². The van der Waals surface area contributed by atoms with Gasteiger partial charge in [-0.15, -0.1) is 0 Å². The SMILES string of the molecule is CCCCCCCCCCCCCCNC(=O)c1c(F)ccc(C)c1F. The fourth-order valence-electron chi connectivity index (χ4n) is 3.12. The molecule has 1 amide bonds. The summed E-state index contributed by atoms with van der Waals surface area (Å²) < 4.78 is 27.5. The van der Waals surface area contributed by atoms with Gasteiger partial charge in [0.1, 0.15) is 17.2 Å². The molecule has 26 heavy (non-hydrogen) atoms. The van der Waals surface area contributed by atoms with Crippen molar-refractivity contribution in [2.24, 2.45) is 0 Å². The molecule has 1 aromatic rings. The Bertz CT molecular complexity index is 531. The first-order valence-corrected chi connectivity index (χ1v) is 10.3. The molecule has 0 bridgehead atoms. The third kappa shape index (κ3) is 8.77. The molecule has 0 heterocycles. The first-order valence-electron chi connectivity index (χ1n) is 10.3. The monoisotopic (exact) mass is 367 g/mol. The third-order valence-electron chi connectivity index (χ3n) is 4.83. The Morgan fingerprint density at radius 1 is 0.846 bits per heavy atom. The highest BCUT2D eigenvalue weighted by Gasteiger charge is 2.18. The van der Waals surface area contributed by atoms with Crippen LogP contribution < -0.4 is 5.32 Å². The number of hydrogen-bond donors (Lipinski definition) is 1. The first kappa shape index (κ1) is 22.6. The molecule has 0 spiro atoms. The van der Waals surface area contributed by atoms with Crippen LogP contribution in [0.2, 0.25) is 0 Å². The Hall–Kier alpha value is -1.45. The molecule has 0 aliphatic carbocycles. The Labute approximate surface area is 157 Å². The summed E-state index contributed by atoms with van der Waals surface area (Å²) in [4.78, 5) is 11.9. The molecule has 0 saturated carbocycles. The van der Waals surface area contributed by atoms with Gasteiger partial charge in [0.25, 0.3) is 5.91 Å².